The lowest BCUT2D eigenvalue weighted by molar-refractivity contribution is -0.136. The summed E-state index contributed by atoms with van der Waals surface area (Å²) in [5.74, 6) is 1.21. The molecule has 2 aromatic heterocycles. The van der Waals surface area contributed by atoms with Crippen LogP contribution in [-0.2, 0) is 11.8 Å². The molecule has 1 aliphatic heterocycles. The topological polar surface area (TPSA) is 50.2 Å². The first-order valence-corrected chi connectivity index (χ1v) is 12.2. The zero-order valence-electron chi connectivity index (χ0n) is 18.1. The highest BCUT2D eigenvalue weighted by Crippen LogP contribution is 2.37. The number of benzene rings is 1. The van der Waals surface area contributed by atoms with E-state index in [0.29, 0.717) is 17.7 Å². The standard InChI is InChI=1S/C25H30N4OS/c1-28-17-23(18-10-13-29(14-11-18)25(30)19-5-2-3-6-19)22-15-20(8-9-24(22)28)27-31-21-7-4-12-26-16-21/h4,7-9,12,15-19,27H,2-3,5-6,10-11,13-14H2,1H3. The SMILES string of the molecule is Cn1cc(C2CCN(C(=O)C3CCCC3)CC2)c2cc(NSc3cccnc3)ccc21. The van der Waals surface area contributed by atoms with Gasteiger partial charge >= 0.3 is 0 Å². The average molecular weight is 435 g/mol. The number of hydrogen-bond donors (Lipinski definition) is 1. The Morgan fingerprint density at radius 3 is 2.68 bits per heavy atom. The molecular formula is C25H30N4OS. The molecule has 1 saturated carbocycles. The summed E-state index contributed by atoms with van der Waals surface area (Å²) >= 11 is 1.58. The summed E-state index contributed by atoms with van der Waals surface area (Å²) in [7, 11) is 2.13. The fourth-order valence-corrected chi connectivity index (χ4v) is 5.80. The lowest BCUT2D eigenvalue weighted by Gasteiger charge is -2.33. The van der Waals surface area contributed by atoms with E-state index >= 15 is 0 Å². The van der Waals surface area contributed by atoms with Gasteiger partial charge in [-0.15, -0.1) is 0 Å². The van der Waals surface area contributed by atoms with Gasteiger partial charge in [0, 0.05) is 66.1 Å². The summed E-state index contributed by atoms with van der Waals surface area (Å²) in [6.07, 6.45) is 12.7. The Hall–Kier alpha value is -2.47. The number of anilines is 1. The van der Waals surface area contributed by atoms with Crippen LogP contribution in [0.4, 0.5) is 5.69 Å². The van der Waals surface area contributed by atoms with Gasteiger partial charge in [-0.1, -0.05) is 12.8 Å². The molecule has 0 spiro atoms. The minimum Gasteiger partial charge on any atom is -0.350 e. The minimum atomic E-state index is 0.292. The van der Waals surface area contributed by atoms with E-state index in [-0.39, 0.29) is 0 Å². The first-order valence-electron chi connectivity index (χ1n) is 11.4. The number of hydrogen-bond acceptors (Lipinski definition) is 4. The number of nitrogens with zero attached hydrogens (tertiary/aromatic N) is 3. The number of nitrogens with one attached hydrogen (secondary N) is 1. The number of likely N-dealkylation sites (tertiary alicyclic amines) is 1. The van der Waals surface area contributed by atoms with E-state index in [1.165, 1.54) is 29.3 Å². The molecule has 0 bridgehead atoms. The van der Waals surface area contributed by atoms with Crippen LogP contribution in [0.3, 0.4) is 0 Å². The zero-order valence-corrected chi connectivity index (χ0v) is 18.9. The number of fused-ring (bicyclic) bond motifs is 1. The molecule has 1 aromatic carbocycles. The fourth-order valence-electron chi connectivity index (χ4n) is 5.18. The molecule has 1 amide bonds. The molecule has 0 radical (unpaired) electrons. The molecule has 5 rings (SSSR count). The van der Waals surface area contributed by atoms with Crippen molar-refractivity contribution in [3.8, 4) is 0 Å². The zero-order chi connectivity index (χ0) is 21.2. The van der Waals surface area contributed by atoms with E-state index in [9.17, 15) is 4.79 Å². The second-order valence-corrected chi connectivity index (χ2v) is 9.78. The second-order valence-electron chi connectivity index (χ2n) is 8.90. The molecule has 1 saturated heterocycles. The fraction of sp³-hybridized carbons (Fsp3) is 0.440. The molecular weight excluding hydrogens is 404 g/mol. The van der Waals surface area contributed by atoms with Crippen molar-refractivity contribution in [3.05, 3.63) is 54.5 Å². The highest BCUT2D eigenvalue weighted by atomic mass is 32.2. The van der Waals surface area contributed by atoms with Gasteiger partial charge in [-0.25, -0.2) is 0 Å². The Morgan fingerprint density at radius 2 is 1.94 bits per heavy atom. The number of carbonyl (C=O) groups excluding carboxylic acids is 1. The molecule has 6 heteroatoms. The summed E-state index contributed by atoms with van der Waals surface area (Å²) in [5, 5.41) is 1.32. The van der Waals surface area contributed by atoms with Gasteiger partial charge in [0.1, 0.15) is 0 Å². The van der Waals surface area contributed by atoms with Crippen LogP contribution in [0, 0.1) is 5.92 Å². The van der Waals surface area contributed by atoms with Crippen molar-refractivity contribution in [1.29, 1.82) is 0 Å². The average Bonchev–Trinajstić information content (AvgIpc) is 3.47. The predicted octanol–water partition coefficient (Wildman–Crippen LogP) is 5.59. The lowest BCUT2D eigenvalue weighted by Crippen LogP contribution is -2.40. The predicted molar refractivity (Wildman–Crippen MR) is 127 cm³/mol. The van der Waals surface area contributed by atoms with Crippen molar-refractivity contribution in [2.24, 2.45) is 13.0 Å². The van der Waals surface area contributed by atoms with Crippen LogP contribution in [0.15, 0.2) is 53.8 Å². The van der Waals surface area contributed by atoms with Crippen LogP contribution in [0.2, 0.25) is 0 Å². The Kier molecular flexibility index (Phi) is 5.90. The number of piperidine rings is 1. The summed E-state index contributed by atoms with van der Waals surface area (Å²) in [5.41, 5.74) is 3.78. The number of aromatic nitrogens is 2. The van der Waals surface area contributed by atoms with E-state index in [1.54, 1.807) is 18.1 Å². The quantitative estimate of drug-likeness (QED) is 0.532. The second kappa shape index (κ2) is 8.95. The number of rotatable bonds is 5. The van der Waals surface area contributed by atoms with Crippen molar-refractivity contribution in [3.63, 3.8) is 0 Å². The van der Waals surface area contributed by atoms with Gasteiger partial charge < -0.3 is 14.2 Å². The summed E-state index contributed by atoms with van der Waals surface area (Å²) in [6, 6.07) is 10.6. The largest absolute Gasteiger partial charge is 0.350 e. The third kappa shape index (κ3) is 4.31. The van der Waals surface area contributed by atoms with E-state index in [4.69, 9.17) is 0 Å². The van der Waals surface area contributed by atoms with E-state index in [2.05, 4.69) is 56.7 Å². The summed E-state index contributed by atoms with van der Waals surface area (Å²) in [4.78, 5) is 20.2. The molecule has 2 aliphatic rings. The van der Waals surface area contributed by atoms with E-state index in [0.717, 1.165) is 49.4 Å². The van der Waals surface area contributed by atoms with Gasteiger partial charge in [-0.3, -0.25) is 9.78 Å². The molecule has 1 aliphatic carbocycles. The summed E-state index contributed by atoms with van der Waals surface area (Å²) < 4.78 is 5.70. The number of aryl methyl sites for hydroxylation is 1. The maximum absolute atomic E-state index is 12.8. The third-order valence-electron chi connectivity index (χ3n) is 6.89. The third-order valence-corrected chi connectivity index (χ3v) is 7.71. The highest BCUT2D eigenvalue weighted by Gasteiger charge is 2.31. The number of carbonyl (C=O) groups is 1. The van der Waals surface area contributed by atoms with Crippen LogP contribution < -0.4 is 4.72 Å². The Bertz CT molecular complexity index is 1050. The van der Waals surface area contributed by atoms with E-state index < -0.39 is 0 Å². The first kappa shape index (κ1) is 20.4. The molecule has 162 valence electrons. The minimum absolute atomic E-state index is 0.292. The number of pyridine rings is 1. The van der Waals surface area contributed by atoms with Crippen molar-refractivity contribution in [2.45, 2.75) is 49.3 Å². The van der Waals surface area contributed by atoms with Crippen LogP contribution in [0.1, 0.15) is 50.0 Å². The summed E-state index contributed by atoms with van der Waals surface area (Å²) in [6.45, 7) is 1.79. The first-order chi connectivity index (χ1) is 15.2. The molecule has 0 atom stereocenters. The molecule has 0 unspecified atom stereocenters. The van der Waals surface area contributed by atoms with Gasteiger partial charge in [0.05, 0.1) is 0 Å². The smallest absolute Gasteiger partial charge is 0.225 e. The van der Waals surface area contributed by atoms with Crippen molar-refractivity contribution >= 4 is 34.4 Å². The maximum atomic E-state index is 12.8. The normalized spacial score (nSPS) is 18.0. The van der Waals surface area contributed by atoms with E-state index in [1.807, 2.05) is 12.3 Å². The van der Waals surface area contributed by atoms with Gasteiger partial charge in [-0.05, 0) is 79.4 Å². The van der Waals surface area contributed by atoms with Gasteiger partial charge in [-0.2, -0.15) is 0 Å². The van der Waals surface area contributed by atoms with Gasteiger partial charge in [0.15, 0.2) is 0 Å². The van der Waals surface area contributed by atoms with Crippen molar-refractivity contribution in [2.75, 3.05) is 17.8 Å². The molecule has 2 fully saturated rings. The molecule has 1 N–H and O–H groups in total. The number of amides is 1. The van der Waals surface area contributed by atoms with Gasteiger partial charge in [0.2, 0.25) is 5.91 Å². The molecule has 5 nitrogen and oxygen atoms in total. The molecule has 3 heterocycles. The van der Waals surface area contributed by atoms with Crippen LogP contribution >= 0.6 is 11.9 Å². The van der Waals surface area contributed by atoms with Crippen LogP contribution in [0.5, 0.6) is 0 Å². The van der Waals surface area contributed by atoms with Crippen LogP contribution in [-0.4, -0.2) is 33.4 Å². The molecule has 31 heavy (non-hydrogen) atoms. The van der Waals surface area contributed by atoms with Crippen LogP contribution in [0.25, 0.3) is 10.9 Å². The van der Waals surface area contributed by atoms with Gasteiger partial charge in [0.25, 0.3) is 0 Å². The molecule has 3 aromatic rings. The van der Waals surface area contributed by atoms with Crippen molar-refractivity contribution in [1.82, 2.24) is 14.5 Å². The Morgan fingerprint density at radius 1 is 1.13 bits per heavy atom. The monoisotopic (exact) mass is 434 g/mol. The van der Waals surface area contributed by atoms with Crippen molar-refractivity contribution < 1.29 is 4.79 Å². The highest BCUT2D eigenvalue weighted by molar-refractivity contribution is 8.00. The maximum Gasteiger partial charge on any atom is 0.225 e. The Balaban J connectivity index is 1.30. The Labute approximate surface area is 188 Å². The lowest BCUT2D eigenvalue weighted by atomic mass is 9.88.